The van der Waals surface area contributed by atoms with Crippen LogP contribution >= 0.6 is 23.2 Å². The third kappa shape index (κ3) is 6.35. The highest BCUT2D eigenvalue weighted by atomic mass is 35.5. The van der Waals surface area contributed by atoms with Crippen molar-refractivity contribution in [2.75, 3.05) is 16.8 Å². The number of hydrogen-bond donors (Lipinski definition) is 1. The third-order valence-corrected chi connectivity index (χ3v) is 7.70. The van der Waals surface area contributed by atoms with Gasteiger partial charge in [0, 0.05) is 6.26 Å². The summed E-state index contributed by atoms with van der Waals surface area (Å²) in [5, 5.41) is 3.24. The molecule has 0 saturated carbocycles. The number of benzene rings is 2. The molecular weight excluding hydrogens is 483 g/mol. The van der Waals surface area contributed by atoms with Gasteiger partial charge in [-0.2, -0.15) is 0 Å². The van der Waals surface area contributed by atoms with E-state index < -0.39 is 37.9 Å². The fraction of sp³-hybridized carbons (Fsp3) is 0.350. The average molecular weight is 507 g/mol. The van der Waals surface area contributed by atoms with E-state index in [0.29, 0.717) is 5.56 Å². The molecule has 7 nitrogen and oxygen atoms in total. The minimum atomic E-state index is -3.82. The summed E-state index contributed by atoms with van der Waals surface area (Å²) in [6, 6.07) is 8.98. The minimum Gasteiger partial charge on any atom is -0.348 e. The maximum Gasteiger partial charge on any atom is 0.244 e. The summed E-state index contributed by atoms with van der Waals surface area (Å²) < 4.78 is 49.3. The third-order valence-electron chi connectivity index (χ3n) is 4.65. The molecule has 1 N–H and O–H groups in total. The van der Waals surface area contributed by atoms with Crippen LogP contribution in [0.25, 0.3) is 0 Å². The predicted molar refractivity (Wildman–Crippen MR) is 124 cm³/mol. The molecule has 0 fully saturated rings. The number of carbonyl (C=O) groups is 1. The number of amides is 1. The standard InChI is InChI=1S/C20H24Cl2N2O5S2/c1-5-19(24(31(4,28)29)15-8-11-17(21)18(22)12-15)20(25)23-13(2)14-6-9-16(10-7-14)30(3,26)27/h6-13,19H,5H2,1-4H3,(H,23,25)/t13-,19-/m0/s1. The van der Waals surface area contributed by atoms with Gasteiger partial charge >= 0.3 is 0 Å². The summed E-state index contributed by atoms with van der Waals surface area (Å²) in [5.41, 5.74) is 0.903. The van der Waals surface area contributed by atoms with Crippen molar-refractivity contribution >= 4 is 54.7 Å². The molecule has 0 saturated heterocycles. The van der Waals surface area contributed by atoms with Gasteiger partial charge in [0.2, 0.25) is 15.9 Å². The highest BCUT2D eigenvalue weighted by molar-refractivity contribution is 7.92. The molecule has 2 aromatic rings. The zero-order valence-electron chi connectivity index (χ0n) is 17.5. The number of sulfone groups is 1. The number of carbonyl (C=O) groups excluding carboxylic acids is 1. The number of rotatable bonds is 8. The van der Waals surface area contributed by atoms with Gasteiger partial charge < -0.3 is 5.32 Å². The Morgan fingerprint density at radius 3 is 2.03 bits per heavy atom. The van der Waals surface area contributed by atoms with Crippen molar-refractivity contribution in [1.29, 1.82) is 0 Å². The lowest BCUT2D eigenvalue weighted by Crippen LogP contribution is -2.49. The lowest BCUT2D eigenvalue weighted by Gasteiger charge is -2.31. The molecule has 2 aromatic carbocycles. The molecule has 0 aromatic heterocycles. The van der Waals surface area contributed by atoms with Gasteiger partial charge in [-0.25, -0.2) is 16.8 Å². The van der Waals surface area contributed by atoms with Gasteiger partial charge in [0.1, 0.15) is 6.04 Å². The summed E-state index contributed by atoms with van der Waals surface area (Å²) in [5.74, 6) is -0.501. The van der Waals surface area contributed by atoms with Gasteiger partial charge in [0.25, 0.3) is 0 Å². The van der Waals surface area contributed by atoms with Crippen LogP contribution in [0, 0.1) is 0 Å². The Kier molecular flexibility index (Phi) is 8.02. The molecule has 0 aliphatic carbocycles. The van der Waals surface area contributed by atoms with Crippen molar-refractivity contribution in [3.05, 3.63) is 58.1 Å². The number of halogens is 2. The molecule has 170 valence electrons. The van der Waals surface area contributed by atoms with E-state index in [4.69, 9.17) is 23.2 Å². The zero-order valence-corrected chi connectivity index (χ0v) is 20.6. The summed E-state index contributed by atoms with van der Waals surface area (Å²) in [6.07, 6.45) is 2.33. The van der Waals surface area contributed by atoms with E-state index in [2.05, 4.69) is 5.32 Å². The van der Waals surface area contributed by atoms with E-state index in [9.17, 15) is 21.6 Å². The van der Waals surface area contributed by atoms with Crippen molar-refractivity contribution < 1.29 is 21.6 Å². The maximum absolute atomic E-state index is 13.0. The number of nitrogens with one attached hydrogen (secondary N) is 1. The van der Waals surface area contributed by atoms with Crippen molar-refractivity contribution in [1.82, 2.24) is 5.32 Å². The molecule has 31 heavy (non-hydrogen) atoms. The first-order chi connectivity index (χ1) is 14.3. The smallest absolute Gasteiger partial charge is 0.244 e. The average Bonchev–Trinajstić information content (AvgIpc) is 2.66. The number of hydrogen-bond acceptors (Lipinski definition) is 5. The summed E-state index contributed by atoms with van der Waals surface area (Å²) in [7, 11) is -7.15. The molecule has 0 aliphatic heterocycles. The Labute approximate surface area is 193 Å². The second-order valence-electron chi connectivity index (χ2n) is 7.15. The Balaban J connectivity index is 2.32. The predicted octanol–water partition coefficient (Wildman–Crippen LogP) is 3.82. The van der Waals surface area contributed by atoms with Crippen LogP contribution in [0.3, 0.4) is 0 Å². The maximum atomic E-state index is 13.0. The topological polar surface area (TPSA) is 101 Å². The van der Waals surface area contributed by atoms with Crippen LogP contribution in [0.4, 0.5) is 5.69 Å². The van der Waals surface area contributed by atoms with Crippen LogP contribution in [-0.2, 0) is 24.7 Å². The van der Waals surface area contributed by atoms with Crippen molar-refractivity contribution in [3.63, 3.8) is 0 Å². The molecule has 0 radical (unpaired) electrons. The monoisotopic (exact) mass is 506 g/mol. The molecule has 0 spiro atoms. The first-order valence-electron chi connectivity index (χ1n) is 9.30. The summed E-state index contributed by atoms with van der Waals surface area (Å²) in [6.45, 7) is 3.43. The highest BCUT2D eigenvalue weighted by Crippen LogP contribution is 2.30. The summed E-state index contributed by atoms with van der Waals surface area (Å²) >= 11 is 12.0. The van der Waals surface area contributed by atoms with Gasteiger partial charge in [-0.3, -0.25) is 9.10 Å². The SMILES string of the molecule is CC[C@@H](C(=O)N[C@@H](C)c1ccc(S(C)(=O)=O)cc1)N(c1ccc(Cl)c(Cl)c1)S(C)(=O)=O. The van der Waals surface area contributed by atoms with Gasteiger partial charge in [0.15, 0.2) is 9.84 Å². The first kappa shape index (κ1) is 25.5. The molecular formula is C20H24Cl2N2O5S2. The normalized spacial score (nSPS) is 14.0. The van der Waals surface area contributed by atoms with Crippen LogP contribution in [0.5, 0.6) is 0 Å². The van der Waals surface area contributed by atoms with E-state index in [1.54, 1.807) is 26.0 Å². The lowest BCUT2D eigenvalue weighted by atomic mass is 10.1. The van der Waals surface area contributed by atoms with Gasteiger partial charge in [-0.1, -0.05) is 42.3 Å². The molecule has 0 bridgehead atoms. The van der Waals surface area contributed by atoms with Gasteiger partial charge in [-0.15, -0.1) is 0 Å². The van der Waals surface area contributed by atoms with Crippen molar-refractivity contribution in [3.8, 4) is 0 Å². The molecule has 11 heteroatoms. The lowest BCUT2D eigenvalue weighted by molar-refractivity contribution is -0.122. The number of anilines is 1. The van der Waals surface area contributed by atoms with E-state index in [1.165, 1.54) is 30.3 Å². The van der Waals surface area contributed by atoms with Crippen LogP contribution in [0.15, 0.2) is 47.4 Å². The largest absolute Gasteiger partial charge is 0.348 e. The highest BCUT2D eigenvalue weighted by Gasteiger charge is 2.32. The van der Waals surface area contributed by atoms with E-state index in [-0.39, 0.29) is 27.0 Å². The fourth-order valence-electron chi connectivity index (χ4n) is 3.08. The Morgan fingerprint density at radius 2 is 1.58 bits per heavy atom. The minimum absolute atomic E-state index is 0.169. The molecule has 2 rings (SSSR count). The molecule has 0 aliphatic rings. The Hall–Kier alpha value is -1.81. The van der Waals surface area contributed by atoms with Crippen molar-refractivity contribution in [2.24, 2.45) is 0 Å². The molecule has 0 unspecified atom stereocenters. The van der Waals surface area contributed by atoms with Gasteiger partial charge in [-0.05, 0) is 49.2 Å². The first-order valence-corrected chi connectivity index (χ1v) is 13.8. The van der Waals surface area contributed by atoms with Crippen LogP contribution in [-0.4, -0.2) is 41.3 Å². The fourth-order valence-corrected chi connectivity index (χ4v) is 5.21. The number of nitrogens with zero attached hydrogens (tertiary/aromatic N) is 1. The molecule has 1 amide bonds. The molecule has 2 atom stereocenters. The number of sulfonamides is 1. The van der Waals surface area contributed by atoms with Crippen molar-refractivity contribution in [2.45, 2.75) is 37.2 Å². The van der Waals surface area contributed by atoms with Gasteiger partial charge in [0.05, 0.1) is 32.9 Å². The Morgan fingerprint density at radius 1 is 1.00 bits per heavy atom. The summed E-state index contributed by atoms with van der Waals surface area (Å²) in [4.78, 5) is 13.2. The van der Waals surface area contributed by atoms with Crippen LogP contribution < -0.4 is 9.62 Å². The van der Waals surface area contributed by atoms with Crippen LogP contribution in [0.1, 0.15) is 31.9 Å². The second kappa shape index (κ2) is 9.77. The quantitative estimate of drug-likeness (QED) is 0.586. The Bertz CT molecular complexity index is 1170. The van der Waals surface area contributed by atoms with Crippen LogP contribution in [0.2, 0.25) is 10.0 Å². The second-order valence-corrected chi connectivity index (χ2v) is 11.8. The van der Waals surface area contributed by atoms with E-state index in [0.717, 1.165) is 16.8 Å². The zero-order chi connectivity index (χ0) is 23.6. The van der Waals surface area contributed by atoms with E-state index >= 15 is 0 Å². The van der Waals surface area contributed by atoms with E-state index in [1.807, 2.05) is 0 Å². The molecule has 0 heterocycles.